The minimum Gasteiger partial charge on any atom is -0.389 e. The van der Waals surface area contributed by atoms with Crippen LogP contribution in [-0.4, -0.2) is 47.8 Å². The van der Waals surface area contributed by atoms with Crippen molar-refractivity contribution < 1.29 is 5.11 Å². The molecule has 0 bridgehead atoms. The molecular weight excluding hydrogens is 212 g/mol. The van der Waals surface area contributed by atoms with Gasteiger partial charge in [0.15, 0.2) is 0 Å². The minimum absolute atomic E-state index is 0.350. The summed E-state index contributed by atoms with van der Waals surface area (Å²) in [5, 5.41) is 13.7. The fraction of sp³-hybridized carbons (Fsp3) is 1.00. The third kappa shape index (κ3) is 3.94. The maximum atomic E-state index is 10.0. The Morgan fingerprint density at radius 3 is 2.65 bits per heavy atom. The predicted octanol–water partition coefficient (Wildman–Crippen LogP) is 1.61. The van der Waals surface area contributed by atoms with Crippen LogP contribution in [0.4, 0.5) is 0 Å². The smallest absolute Gasteiger partial charge is 0.0758 e. The predicted molar refractivity (Wildman–Crippen MR) is 71.1 cm³/mol. The molecule has 1 aliphatic heterocycles. The summed E-state index contributed by atoms with van der Waals surface area (Å²) < 4.78 is 0. The summed E-state index contributed by atoms with van der Waals surface area (Å²) in [6, 6.07) is 0.794. The Kier molecular flexibility index (Phi) is 3.81. The lowest BCUT2D eigenvalue weighted by atomic mass is 9.86. The van der Waals surface area contributed by atoms with Gasteiger partial charge in [-0.25, -0.2) is 0 Å². The first-order valence-electron chi connectivity index (χ1n) is 7.11. The Hall–Kier alpha value is -0.120. The summed E-state index contributed by atoms with van der Waals surface area (Å²) in [5.74, 6) is 0. The normalized spacial score (nSPS) is 33.9. The average molecular weight is 240 g/mol. The van der Waals surface area contributed by atoms with E-state index in [2.05, 4.69) is 24.1 Å². The van der Waals surface area contributed by atoms with Crippen molar-refractivity contribution in [2.45, 2.75) is 58.1 Å². The lowest BCUT2D eigenvalue weighted by Gasteiger charge is -2.33. The van der Waals surface area contributed by atoms with Crippen molar-refractivity contribution in [1.29, 1.82) is 0 Å². The molecule has 0 radical (unpaired) electrons. The maximum absolute atomic E-state index is 10.0. The molecule has 2 atom stereocenters. The first-order chi connectivity index (χ1) is 7.92. The second-order valence-electron chi connectivity index (χ2n) is 6.78. The van der Waals surface area contributed by atoms with Gasteiger partial charge in [0.2, 0.25) is 0 Å². The Labute approximate surface area is 106 Å². The van der Waals surface area contributed by atoms with Crippen molar-refractivity contribution in [1.82, 2.24) is 10.2 Å². The highest BCUT2D eigenvalue weighted by Gasteiger charge is 2.35. The van der Waals surface area contributed by atoms with Gasteiger partial charge in [0, 0.05) is 32.2 Å². The van der Waals surface area contributed by atoms with E-state index >= 15 is 0 Å². The first-order valence-corrected chi connectivity index (χ1v) is 7.11. The van der Waals surface area contributed by atoms with Crippen molar-refractivity contribution in [2.24, 2.45) is 5.41 Å². The van der Waals surface area contributed by atoms with Crippen LogP contribution in [0.2, 0.25) is 0 Å². The molecule has 0 aromatic heterocycles. The largest absolute Gasteiger partial charge is 0.389 e. The van der Waals surface area contributed by atoms with E-state index < -0.39 is 5.60 Å². The van der Waals surface area contributed by atoms with E-state index in [4.69, 9.17) is 0 Å². The highest BCUT2D eigenvalue weighted by atomic mass is 16.3. The van der Waals surface area contributed by atoms with E-state index in [1.165, 1.54) is 19.3 Å². The van der Waals surface area contributed by atoms with Gasteiger partial charge in [0.25, 0.3) is 0 Å². The summed E-state index contributed by atoms with van der Waals surface area (Å²) in [6.45, 7) is 10.7. The molecule has 3 heteroatoms. The van der Waals surface area contributed by atoms with Crippen LogP contribution in [0.15, 0.2) is 0 Å². The molecule has 2 rings (SSSR count). The zero-order valence-corrected chi connectivity index (χ0v) is 11.6. The summed E-state index contributed by atoms with van der Waals surface area (Å²) in [6.07, 6.45) is 4.84. The molecule has 17 heavy (non-hydrogen) atoms. The molecule has 1 saturated carbocycles. The first kappa shape index (κ1) is 13.3. The highest BCUT2D eigenvalue weighted by Crippen LogP contribution is 2.28. The van der Waals surface area contributed by atoms with Crippen LogP contribution in [-0.2, 0) is 0 Å². The Morgan fingerprint density at radius 1 is 1.47 bits per heavy atom. The number of likely N-dealkylation sites (tertiary alicyclic amines) is 1. The number of nitrogens with zero attached hydrogens (tertiary/aromatic N) is 1. The SMILES string of the molecule is CCC(C)(CNC1CC1)CN1CCC(C)(O)C1. The molecule has 2 N–H and O–H groups in total. The summed E-state index contributed by atoms with van der Waals surface area (Å²) in [7, 11) is 0. The van der Waals surface area contributed by atoms with E-state index in [0.717, 1.165) is 38.6 Å². The van der Waals surface area contributed by atoms with Gasteiger partial charge in [-0.3, -0.25) is 4.90 Å². The van der Waals surface area contributed by atoms with Gasteiger partial charge in [-0.05, 0) is 38.0 Å². The number of β-amino-alcohol motifs (C(OH)–C–C–N with tert-alkyl or cyclic N) is 1. The monoisotopic (exact) mass is 240 g/mol. The van der Waals surface area contributed by atoms with E-state index in [0.29, 0.717) is 5.41 Å². The number of aliphatic hydroxyl groups is 1. The molecule has 2 aliphatic rings. The third-order valence-electron chi connectivity index (χ3n) is 4.38. The highest BCUT2D eigenvalue weighted by molar-refractivity contribution is 4.91. The fourth-order valence-electron chi connectivity index (χ4n) is 2.68. The van der Waals surface area contributed by atoms with Gasteiger partial charge < -0.3 is 10.4 Å². The van der Waals surface area contributed by atoms with Crippen molar-refractivity contribution in [3.05, 3.63) is 0 Å². The second kappa shape index (κ2) is 4.87. The van der Waals surface area contributed by atoms with E-state index in [1.54, 1.807) is 0 Å². The molecule has 0 aromatic rings. The average Bonchev–Trinajstić information content (AvgIpc) is 3.02. The van der Waals surface area contributed by atoms with Gasteiger partial charge in [0.1, 0.15) is 0 Å². The number of rotatable bonds is 6. The standard InChI is InChI=1S/C14H28N2O/c1-4-13(2,9-15-12-5-6-12)10-16-8-7-14(3,17)11-16/h12,15,17H,4-11H2,1-3H3. The molecule has 0 aromatic carbocycles. The molecule has 1 saturated heterocycles. The van der Waals surface area contributed by atoms with Gasteiger partial charge in [0.05, 0.1) is 5.60 Å². The van der Waals surface area contributed by atoms with Crippen LogP contribution in [0.25, 0.3) is 0 Å². The molecule has 0 spiro atoms. The molecule has 100 valence electrons. The Morgan fingerprint density at radius 2 is 2.18 bits per heavy atom. The topological polar surface area (TPSA) is 35.5 Å². The minimum atomic E-state index is -0.460. The van der Waals surface area contributed by atoms with Crippen LogP contribution < -0.4 is 5.32 Å². The molecule has 3 nitrogen and oxygen atoms in total. The van der Waals surface area contributed by atoms with Crippen molar-refractivity contribution in [3.8, 4) is 0 Å². The molecular formula is C14H28N2O. The van der Waals surface area contributed by atoms with E-state index in [-0.39, 0.29) is 0 Å². The van der Waals surface area contributed by atoms with Crippen molar-refractivity contribution in [2.75, 3.05) is 26.2 Å². The summed E-state index contributed by atoms with van der Waals surface area (Å²) >= 11 is 0. The lowest BCUT2D eigenvalue weighted by molar-refractivity contribution is 0.0614. The van der Waals surface area contributed by atoms with Crippen molar-refractivity contribution >= 4 is 0 Å². The van der Waals surface area contributed by atoms with Gasteiger partial charge in [-0.2, -0.15) is 0 Å². The molecule has 2 unspecified atom stereocenters. The lowest BCUT2D eigenvalue weighted by Crippen LogP contribution is -2.43. The van der Waals surface area contributed by atoms with Crippen LogP contribution in [0.5, 0.6) is 0 Å². The summed E-state index contributed by atoms with van der Waals surface area (Å²) in [4.78, 5) is 2.43. The third-order valence-corrected chi connectivity index (χ3v) is 4.38. The van der Waals surface area contributed by atoms with E-state index in [1.807, 2.05) is 6.92 Å². The number of hydrogen-bond donors (Lipinski definition) is 2. The molecule has 1 aliphatic carbocycles. The van der Waals surface area contributed by atoms with Crippen LogP contribution in [0.3, 0.4) is 0 Å². The van der Waals surface area contributed by atoms with Crippen LogP contribution in [0.1, 0.15) is 46.5 Å². The zero-order valence-electron chi connectivity index (χ0n) is 11.6. The Bertz CT molecular complexity index is 263. The molecule has 0 amide bonds. The van der Waals surface area contributed by atoms with Gasteiger partial charge in [-0.1, -0.05) is 13.8 Å². The van der Waals surface area contributed by atoms with Crippen molar-refractivity contribution in [3.63, 3.8) is 0 Å². The quantitative estimate of drug-likeness (QED) is 0.740. The van der Waals surface area contributed by atoms with Crippen LogP contribution >= 0.6 is 0 Å². The maximum Gasteiger partial charge on any atom is 0.0758 e. The number of hydrogen-bond acceptors (Lipinski definition) is 3. The molecule has 2 fully saturated rings. The van der Waals surface area contributed by atoms with E-state index in [9.17, 15) is 5.11 Å². The Balaban J connectivity index is 1.80. The molecule has 1 heterocycles. The van der Waals surface area contributed by atoms with Gasteiger partial charge >= 0.3 is 0 Å². The fourth-order valence-corrected chi connectivity index (χ4v) is 2.68. The second-order valence-corrected chi connectivity index (χ2v) is 6.78. The summed E-state index contributed by atoms with van der Waals surface area (Å²) in [5.41, 5.74) is -0.110. The van der Waals surface area contributed by atoms with Crippen LogP contribution in [0, 0.1) is 5.41 Å². The van der Waals surface area contributed by atoms with Gasteiger partial charge in [-0.15, -0.1) is 0 Å². The number of nitrogens with one attached hydrogen (secondary N) is 1. The zero-order chi connectivity index (χ0) is 12.5.